The molecule has 1 unspecified atom stereocenters. The summed E-state index contributed by atoms with van der Waals surface area (Å²) in [5.41, 5.74) is 0. The fraction of sp³-hybridized carbons (Fsp3) is 0.786. The number of nitrogens with zero attached hydrogens (tertiary/aromatic N) is 2. The second-order valence-corrected chi connectivity index (χ2v) is 6.07. The van der Waals surface area contributed by atoms with E-state index in [1.54, 1.807) is 0 Å². The van der Waals surface area contributed by atoms with Gasteiger partial charge in [-0.05, 0) is 25.5 Å². The maximum atomic E-state index is 4.50. The molecule has 1 aliphatic carbocycles. The van der Waals surface area contributed by atoms with Crippen LogP contribution in [0.1, 0.15) is 51.5 Å². The van der Waals surface area contributed by atoms with E-state index in [4.69, 9.17) is 0 Å². The van der Waals surface area contributed by atoms with Gasteiger partial charge in [-0.3, -0.25) is 0 Å². The van der Waals surface area contributed by atoms with Crippen LogP contribution in [0.25, 0.3) is 0 Å². The maximum Gasteiger partial charge on any atom is 0.203 e. The van der Waals surface area contributed by atoms with Gasteiger partial charge in [-0.25, -0.2) is 4.98 Å². The monoisotopic (exact) mass is 267 g/mol. The summed E-state index contributed by atoms with van der Waals surface area (Å²) in [4.78, 5) is 4.50. The molecule has 1 aromatic heterocycles. The summed E-state index contributed by atoms with van der Waals surface area (Å²) in [7, 11) is 0. The Balaban J connectivity index is 2.01. The molecule has 0 bridgehead atoms. The topological polar surface area (TPSA) is 29.9 Å². The summed E-state index contributed by atoms with van der Waals surface area (Å²) in [5.74, 6) is 2.22. The number of imidazole rings is 1. The third kappa shape index (κ3) is 3.44. The Bertz CT molecular complexity index is 345. The van der Waals surface area contributed by atoms with E-state index in [1.165, 1.54) is 32.1 Å². The normalized spacial score (nSPS) is 18.8. The number of thioether (sulfide) groups is 1. The van der Waals surface area contributed by atoms with Crippen molar-refractivity contribution in [1.82, 2.24) is 9.55 Å². The molecular weight excluding hydrogens is 242 g/mol. The summed E-state index contributed by atoms with van der Waals surface area (Å²) >= 11 is 1.90. The fourth-order valence-corrected chi connectivity index (χ4v) is 3.45. The van der Waals surface area contributed by atoms with Crippen LogP contribution in [0.4, 0.5) is 5.95 Å². The van der Waals surface area contributed by atoms with Crippen LogP contribution in [0.3, 0.4) is 0 Å². The Morgan fingerprint density at radius 1 is 1.44 bits per heavy atom. The highest BCUT2D eigenvalue weighted by molar-refractivity contribution is 7.98. The number of hydrogen-bond donors (Lipinski definition) is 1. The Labute approximate surface area is 115 Å². The molecule has 1 heterocycles. The SMILES string of the molecule is CCC(CSC)Nc1nccn1C1CCCCC1. The first-order chi connectivity index (χ1) is 8.85. The molecule has 18 heavy (non-hydrogen) atoms. The van der Waals surface area contributed by atoms with Crippen LogP contribution in [0.2, 0.25) is 0 Å². The van der Waals surface area contributed by atoms with Gasteiger partial charge in [0.05, 0.1) is 0 Å². The van der Waals surface area contributed by atoms with E-state index < -0.39 is 0 Å². The first-order valence-electron chi connectivity index (χ1n) is 7.13. The van der Waals surface area contributed by atoms with Gasteiger partial charge in [0.1, 0.15) is 0 Å². The van der Waals surface area contributed by atoms with Gasteiger partial charge in [-0.1, -0.05) is 26.2 Å². The Morgan fingerprint density at radius 2 is 2.22 bits per heavy atom. The molecule has 1 aliphatic rings. The van der Waals surface area contributed by atoms with Crippen molar-refractivity contribution in [3.8, 4) is 0 Å². The van der Waals surface area contributed by atoms with Gasteiger partial charge < -0.3 is 9.88 Å². The lowest BCUT2D eigenvalue weighted by Gasteiger charge is -2.26. The summed E-state index contributed by atoms with van der Waals surface area (Å²) < 4.78 is 2.36. The van der Waals surface area contributed by atoms with E-state index in [0.717, 1.165) is 18.1 Å². The number of rotatable bonds is 6. The highest BCUT2D eigenvalue weighted by Crippen LogP contribution is 2.30. The molecule has 4 heteroatoms. The molecule has 0 saturated heterocycles. The minimum absolute atomic E-state index is 0.532. The molecule has 0 aliphatic heterocycles. The molecular formula is C14H25N3S. The highest BCUT2D eigenvalue weighted by Gasteiger charge is 2.18. The van der Waals surface area contributed by atoms with Crippen LogP contribution in [0.5, 0.6) is 0 Å². The smallest absolute Gasteiger partial charge is 0.203 e. The van der Waals surface area contributed by atoms with Crippen molar-refractivity contribution < 1.29 is 0 Å². The molecule has 1 aromatic rings. The standard InChI is InChI=1S/C14H25N3S/c1-3-12(11-18-2)16-14-15-9-10-17(14)13-7-5-4-6-8-13/h9-10,12-13H,3-8,11H2,1-2H3,(H,15,16). The minimum atomic E-state index is 0.532. The van der Waals surface area contributed by atoms with Crippen molar-refractivity contribution in [2.24, 2.45) is 0 Å². The average molecular weight is 267 g/mol. The molecule has 2 rings (SSSR count). The van der Waals surface area contributed by atoms with Crippen molar-refractivity contribution >= 4 is 17.7 Å². The molecule has 0 spiro atoms. The number of hydrogen-bond acceptors (Lipinski definition) is 3. The van der Waals surface area contributed by atoms with Crippen LogP contribution in [0, 0.1) is 0 Å². The second kappa shape index (κ2) is 7.07. The van der Waals surface area contributed by atoms with Gasteiger partial charge in [-0.2, -0.15) is 11.8 Å². The lowest BCUT2D eigenvalue weighted by Crippen LogP contribution is -2.25. The predicted molar refractivity (Wildman–Crippen MR) is 80.4 cm³/mol. The molecule has 0 amide bonds. The van der Waals surface area contributed by atoms with Gasteiger partial charge in [-0.15, -0.1) is 0 Å². The zero-order valence-corrected chi connectivity index (χ0v) is 12.4. The third-order valence-corrected chi connectivity index (χ3v) is 4.57. The third-order valence-electron chi connectivity index (χ3n) is 3.83. The van der Waals surface area contributed by atoms with Gasteiger partial charge >= 0.3 is 0 Å². The van der Waals surface area contributed by atoms with Gasteiger partial charge in [0.15, 0.2) is 0 Å². The summed E-state index contributed by atoms with van der Waals surface area (Å²) in [6, 6.07) is 1.19. The van der Waals surface area contributed by atoms with Gasteiger partial charge in [0.25, 0.3) is 0 Å². The first-order valence-corrected chi connectivity index (χ1v) is 8.52. The predicted octanol–water partition coefficient (Wildman–Crippen LogP) is 3.94. The van der Waals surface area contributed by atoms with Crippen molar-refractivity contribution in [3.05, 3.63) is 12.4 Å². The molecule has 0 aromatic carbocycles. The van der Waals surface area contributed by atoms with Crippen molar-refractivity contribution in [1.29, 1.82) is 0 Å². The highest BCUT2D eigenvalue weighted by atomic mass is 32.2. The molecule has 102 valence electrons. The maximum absolute atomic E-state index is 4.50. The largest absolute Gasteiger partial charge is 0.352 e. The van der Waals surface area contributed by atoms with Crippen LogP contribution in [-0.2, 0) is 0 Å². The molecule has 1 saturated carbocycles. The number of aromatic nitrogens is 2. The van der Waals surface area contributed by atoms with Crippen LogP contribution < -0.4 is 5.32 Å². The molecule has 1 N–H and O–H groups in total. The van der Waals surface area contributed by atoms with E-state index in [-0.39, 0.29) is 0 Å². The van der Waals surface area contributed by atoms with Crippen molar-refractivity contribution in [3.63, 3.8) is 0 Å². The zero-order valence-electron chi connectivity index (χ0n) is 11.6. The van der Waals surface area contributed by atoms with Crippen LogP contribution in [-0.4, -0.2) is 27.6 Å². The lowest BCUT2D eigenvalue weighted by atomic mass is 9.95. The summed E-state index contributed by atoms with van der Waals surface area (Å²) in [6.45, 7) is 2.24. The number of anilines is 1. The molecule has 3 nitrogen and oxygen atoms in total. The van der Waals surface area contributed by atoms with E-state index in [9.17, 15) is 0 Å². The quantitative estimate of drug-likeness (QED) is 0.846. The van der Waals surface area contributed by atoms with Crippen LogP contribution >= 0.6 is 11.8 Å². The molecule has 1 atom stereocenters. The minimum Gasteiger partial charge on any atom is -0.352 e. The Kier molecular flexibility index (Phi) is 5.42. The Hall–Kier alpha value is -0.640. The van der Waals surface area contributed by atoms with E-state index >= 15 is 0 Å². The average Bonchev–Trinajstić information content (AvgIpc) is 2.87. The number of nitrogens with one attached hydrogen (secondary N) is 1. The van der Waals surface area contributed by atoms with Gasteiger partial charge in [0.2, 0.25) is 5.95 Å². The van der Waals surface area contributed by atoms with Crippen molar-refractivity contribution in [2.75, 3.05) is 17.3 Å². The van der Waals surface area contributed by atoms with Crippen molar-refractivity contribution in [2.45, 2.75) is 57.5 Å². The molecule has 0 radical (unpaired) electrons. The van der Waals surface area contributed by atoms with Gasteiger partial charge in [0, 0.05) is 30.2 Å². The second-order valence-electron chi connectivity index (χ2n) is 5.15. The zero-order chi connectivity index (χ0) is 12.8. The summed E-state index contributed by atoms with van der Waals surface area (Å²) in [6.07, 6.45) is 14.1. The van der Waals surface area contributed by atoms with E-state index in [1.807, 2.05) is 18.0 Å². The lowest BCUT2D eigenvalue weighted by molar-refractivity contribution is 0.355. The Morgan fingerprint density at radius 3 is 2.89 bits per heavy atom. The van der Waals surface area contributed by atoms with Crippen LogP contribution in [0.15, 0.2) is 12.4 Å². The molecule has 1 fully saturated rings. The fourth-order valence-electron chi connectivity index (χ4n) is 2.72. The summed E-state index contributed by atoms with van der Waals surface area (Å²) in [5, 5.41) is 3.61. The first kappa shape index (κ1) is 13.8. The van der Waals surface area contributed by atoms with E-state index in [2.05, 4.69) is 34.2 Å². The van der Waals surface area contributed by atoms with E-state index in [0.29, 0.717) is 12.1 Å².